The molecule has 1 N–H and O–H groups in total. The van der Waals surface area contributed by atoms with E-state index in [1.165, 1.54) is 10.5 Å². The van der Waals surface area contributed by atoms with E-state index in [4.69, 9.17) is 4.74 Å². The molecule has 0 fully saturated rings. The lowest BCUT2D eigenvalue weighted by atomic mass is 10.1. The van der Waals surface area contributed by atoms with Gasteiger partial charge in [0, 0.05) is 26.4 Å². The van der Waals surface area contributed by atoms with Crippen molar-refractivity contribution in [1.82, 2.24) is 4.90 Å². The number of carbonyl (C=O) groups excluding carboxylic acids is 2. The topological polar surface area (TPSA) is 58.6 Å². The molecule has 0 aliphatic carbocycles. The van der Waals surface area contributed by atoms with Crippen LogP contribution >= 0.6 is 0 Å². The minimum absolute atomic E-state index is 0.0867. The third-order valence-electron chi connectivity index (χ3n) is 4.36. The number of likely N-dealkylation sites (N-methyl/N-ethyl adjacent to an activating group) is 1. The first-order valence-electron chi connectivity index (χ1n) is 8.71. The van der Waals surface area contributed by atoms with Crippen molar-refractivity contribution in [3.05, 3.63) is 65.2 Å². The number of anilines is 1. The number of rotatable bonds is 6. The van der Waals surface area contributed by atoms with Crippen molar-refractivity contribution in [1.29, 1.82) is 0 Å². The molecule has 0 aliphatic rings. The smallest absolute Gasteiger partial charge is 0.313 e. The molecule has 5 nitrogen and oxygen atoms in total. The van der Waals surface area contributed by atoms with Crippen LogP contribution in [0.3, 0.4) is 0 Å². The summed E-state index contributed by atoms with van der Waals surface area (Å²) in [5, 5.41) is 2.66. The van der Waals surface area contributed by atoms with Gasteiger partial charge in [-0.2, -0.15) is 0 Å². The highest BCUT2D eigenvalue weighted by molar-refractivity contribution is 6.39. The van der Waals surface area contributed by atoms with Crippen LogP contribution in [0.25, 0.3) is 0 Å². The van der Waals surface area contributed by atoms with Gasteiger partial charge in [-0.3, -0.25) is 9.59 Å². The molecule has 0 heterocycles. The summed E-state index contributed by atoms with van der Waals surface area (Å²) in [4.78, 5) is 26.0. The van der Waals surface area contributed by atoms with Gasteiger partial charge in [-0.1, -0.05) is 43.3 Å². The van der Waals surface area contributed by atoms with Gasteiger partial charge >= 0.3 is 11.8 Å². The monoisotopic (exact) mass is 354 g/mol. The SMILES string of the molecule is CCc1ccc(CN(C)C(=O)C(=O)Nc2cccc(C(C)OC)c2)cc1. The fourth-order valence-corrected chi connectivity index (χ4v) is 2.59. The van der Waals surface area contributed by atoms with Crippen LogP contribution in [-0.4, -0.2) is 30.9 Å². The van der Waals surface area contributed by atoms with Crippen LogP contribution in [0.4, 0.5) is 5.69 Å². The number of benzene rings is 2. The molecule has 0 saturated carbocycles. The van der Waals surface area contributed by atoms with E-state index >= 15 is 0 Å². The Balaban J connectivity index is 1.98. The molecule has 0 bridgehead atoms. The Morgan fingerprint density at radius 2 is 1.77 bits per heavy atom. The van der Waals surface area contributed by atoms with E-state index in [2.05, 4.69) is 12.2 Å². The number of carbonyl (C=O) groups is 2. The summed E-state index contributed by atoms with van der Waals surface area (Å²) in [5.41, 5.74) is 3.74. The third kappa shape index (κ3) is 5.17. The van der Waals surface area contributed by atoms with Crippen molar-refractivity contribution in [3.63, 3.8) is 0 Å². The number of amides is 2. The van der Waals surface area contributed by atoms with E-state index in [9.17, 15) is 9.59 Å². The number of nitrogens with one attached hydrogen (secondary N) is 1. The molecule has 2 aromatic rings. The molecule has 1 unspecified atom stereocenters. The van der Waals surface area contributed by atoms with Gasteiger partial charge in [0.2, 0.25) is 0 Å². The quantitative estimate of drug-likeness (QED) is 0.807. The van der Waals surface area contributed by atoms with Gasteiger partial charge in [-0.25, -0.2) is 0 Å². The van der Waals surface area contributed by atoms with E-state index in [0.29, 0.717) is 12.2 Å². The van der Waals surface area contributed by atoms with Gasteiger partial charge in [0.25, 0.3) is 0 Å². The number of hydrogen-bond donors (Lipinski definition) is 1. The molecular weight excluding hydrogens is 328 g/mol. The highest BCUT2D eigenvalue weighted by Crippen LogP contribution is 2.19. The standard InChI is InChI=1S/C21H26N2O3/c1-5-16-9-11-17(12-10-16)14-23(3)21(25)20(24)22-19-8-6-7-18(13-19)15(2)26-4/h6-13,15H,5,14H2,1-4H3,(H,22,24). The Morgan fingerprint density at radius 3 is 2.38 bits per heavy atom. The Morgan fingerprint density at radius 1 is 1.12 bits per heavy atom. The van der Waals surface area contributed by atoms with Crippen molar-refractivity contribution in [3.8, 4) is 0 Å². The molecule has 5 heteroatoms. The highest BCUT2D eigenvalue weighted by atomic mass is 16.5. The van der Waals surface area contributed by atoms with Crippen LogP contribution in [0.15, 0.2) is 48.5 Å². The Kier molecular flexibility index (Phi) is 6.92. The molecule has 0 aliphatic heterocycles. The van der Waals surface area contributed by atoms with E-state index in [0.717, 1.165) is 17.5 Å². The second kappa shape index (κ2) is 9.15. The van der Waals surface area contributed by atoms with Crippen LogP contribution in [0, 0.1) is 0 Å². The lowest BCUT2D eigenvalue weighted by Gasteiger charge is -2.17. The summed E-state index contributed by atoms with van der Waals surface area (Å²) in [6.45, 7) is 4.40. The van der Waals surface area contributed by atoms with Gasteiger partial charge in [0.15, 0.2) is 0 Å². The summed E-state index contributed by atoms with van der Waals surface area (Å²) in [7, 11) is 3.25. The van der Waals surface area contributed by atoms with Crippen LogP contribution in [0.2, 0.25) is 0 Å². The Hall–Kier alpha value is -2.66. The maximum atomic E-state index is 12.3. The first-order valence-corrected chi connectivity index (χ1v) is 8.71. The van der Waals surface area contributed by atoms with Crippen molar-refractivity contribution in [2.24, 2.45) is 0 Å². The molecule has 1 atom stereocenters. The second-order valence-electron chi connectivity index (χ2n) is 6.29. The zero-order valence-electron chi connectivity index (χ0n) is 15.8. The normalized spacial score (nSPS) is 11.7. The zero-order valence-corrected chi connectivity index (χ0v) is 15.8. The first kappa shape index (κ1) is 19.7. The molecule has 138 valence electrons. The lowest BCUT2D eigenvalue weighted by molar-refractivity contribution is -0.142. The van der Waals surface area contributed by atoms with Crippen molar-refractivity contribution in [2.45, 2.75) is 32.9 Å². The fourth-order valence-electron chi connectivity index (χ4n) is 2.59. The summed E-state index contributed by atoms with van der Waals surface area (Å²) < 4.78 is 5.28. The van der Waals surface area contributed by atoms with E-state index in [1.54, 1.807) is 20.2 Å². The van der Waals surface area contributed by atoms with Gasteiger partial charge in [-0.15, -0.1) is 0 Å². The minimum Gasteiger partial charge on any atom is -0.377 e. The van der Waals surface area contributed by atoms with E-state index < -0.39 is 11.8 Å². The van der Waals surface area contributed by atoms with E-state index in [1.807, 2.05) is 49.4 Å². The minimum atomic E-state index is -0.653. The van der Waals surface area contributed by atoms with Crippen molar-refractivity contribution in [2.75, 3.05) is 19.5 Å². The molecule has 26 heavy (non-hydrogen) atoms. The zero-order chi connectivity index (χ0) is 19.1. The van der Waals surface area contributed by atoms with Crippen molar-refractivity contribution < 1.29 is 14.3 Å². The average molecular weight is 354 g/mol. The van der Waals surface area contributed by atoms with Crippen molar-refractivity contribution >= 4 is 17.5 Å². The summed E-state index contributed by atoms with van der Waals surface area (Å²) >= 11 is 0. The maximum absolute atomic E-state index is 12.3. The van der Waals surface area contributed by atoms with Gasteiger partial charge in [0.05, 0.1) is 6.10 Å². The molecule has 2 aromatic carbocycles. The predicted molar refractivity (Wildman–Crippen MR) is 103 cm³/mol. The Bertz CT molecular complexity index is 756. The summed E-state index contributed by atoms with van der Waals surface area (Å²) in [6.07, 6.45) is 0.884. The molecule has 0 aromatic heterocycles. The van der Waals surface area contributed by atoms with Gasteiger partial charge in [0.1, 0.15) is 0 Å². The van der Waals surface area contributed by atoms with Crippen LogP contribution in [0.1, 0.15) is 36.6 Å². The number of aryl methyl sites for hydroxylation is 1. The predicted octanol–water partition coefficient (Wildman–Crippen LogP) is 3.55. The van der Waals surface area contributed by atoms with E-state index in [-0.39, 0.29) is 6.10 Å². The fraction of sp³-hybridized carbons (Fsp3) is 0.333. The molecule has 0 spiro atoms. The maximum Gasteiger partial charge on any atom is 0.313 e. The van der Waals surface area contributed by atoms with Crippen LogP contribution in [0.5, 0.6) is 0 Å². The van der Waals surface area contributed by atoms with Gasteiger partial charge < -0.3 is 15.0 Å². The van der Waals surface area contributed by atoms with Crippen LogP contribution in [-0.2, 0) is 27.3 Å². The number of ether oxygens (including phenoxy) is 1. The molecule has 0 radical (unpaired) electrons. The molecular formula is C21H26N2O3. The highest BCUT2D eigenvalue weighted by Gasteiger charge is 2.19. The molecule has 0 saturated heterocycles. The molecule has 2 rings (SSSR count). The number of nitrogens with zero attached hydrogens (tertiary/aromatic N) is 1. The summed E-state index contributed by atoms with van der Waals surface area (Å²) in [6, 6.07) is 15.3. The lowest BCUT2D eigenvalue weighted by Crippen LogP contribution is -2.36. The van der Waals surface area contributed by atoms with Gasteiger partial charge in [-0.05, 0) is 42.2 Å². The summed E-state index contributed by atoms with van der Waals surface area (Å²) in [5.74, 6) is -1.23. The first-order chi connectivity index (χ1) is 12.4. The third-order valence-corrected chi connectivity index (χ3v) is 4.36. The number of hydrogen-bond acceptors (Lipinski definition) is 3. The van der Waals surface area contributed by atoms with Crippen LogP contribution < -0.4 is 5.32 Å². The Labute approximate surface area is 155 Å². The second-order valence-corrected chi connectivity index (χ2v) is 6.29. The average Bonchev–Trinajstić information content (AvgIpc) is 2.67. The number of methoxy groups -OCH3 is 1. The largest absolute Gasteiger partial charge is 0.377 e. The molecule has 2 amide bonds.